The lowest BCUT2D eigenvalue weighted by Crippen LogP contribution is -2.22. The first-order chi connectivity index (χ1) is 13.5. The Morgan fingerprint density at radius 1 is 1.00 bits per heavy atom. The number of amides is 1. The number of nitrogens with one attached hydrogen (secondary N) is 2. The highest BCUT2D eigenvalue weighted by Gasteiger charge is 2.05. The van der Waals surface area contributed by atoms with Gasteiger partial charge in [-0.25, -0.2) is 0 Å². The van der Waals surface area contributed by atoms with Crippen molar-refractivity contribution in [2.75, 3.05) is 17.2 Å². The monoisotopic (exact) mass is 394 g/mol. The maximum atomic E-state index is 12.2. The molecule has 0 bridgehead atoms. The molecule has 0 fully saturated rings. The van der Waals surface area contributed by atoms with E-state index in [1.165, 1.54) is 5.56 Å². The molecule has 3 aromatic carbocycles. The van der Waals surface area contributed by atoms with Gasteiger partial charge in [-0.15, -0.1) is 0 Å². The molecule has 0 unspecified atom stereocenters. The average Bonchev–Trinajstić information content (AvgIpc) is 2.69. The first kappa shape index (κ1) is 19.8. The van der Waals surface area contributed by atoms with Crippen molar-refractivity contribution in [3.63, 3.8) is 0 Å². The van der Waals surface area contributed by atoms with E-state index in [1.807, 2.05) is 80.6 Å². The Morgan fingerprint density at radius 3 is 2.46 bits per heavy atom. The molecule has 0 aromatic heterocycles. The molecule has 144 valence electrons. The lowest BCUT2D eigenvalue weighted by atomic mass is 10.1. The molecular formula is C23H23ClN2O2. The van der Waals surface area contributed by atoms with Crippen LogP contribution in [0.1, 0.15) is 16.7 Å². The zero-order valence-electron chi connectivity index (χ0n) is 16.0. The van der Waals surface area contributed by atoms with Gasteiger partial charge in [-0.3, -0.25) is 4.79 Å². The smallest absolute Gasteiger partial charge is 0.243 e. The molecule has 4 nitrogen and oxygen atoms in total. The number of ether oxygens (including phenoxy) is 1. The molecule has 0 saturated carbocycles. The summed E-state index contributed by atoms with van der Waals surface area (Å²) >= 11 is 6.13. The summed E-state index contributed by atoms with van der Waals surface area (Å²) in [6, 6.07) is 21.0. The molecule has 28 heavy (non-hydrogen) atoms. The van der Waals surface area contributed by atoms with Crippen LogP contribution in [-0.2, 0) is 11.4 Å². The van der Waals surface area contributed by atoms with E-state index >= 15 is 0 Å². The third kappa shape index (κ3) is 5.51. The molecule has 1 amide bonds. The van der Waals surface area contributed by atoms with E-state index in [2.05, 4.69) is 10.6 Å². The SMILES string of the molecule is Cc1ccc(NC(=O)CNc2ccc(OCc3ccccc3Cl)cc2)c(C)c1. The summed E-state index contributed by atoms with van der Waals surface area (Å²) in [7, 11) is 0. The number of hydrogen-bond acceptors (Lipinski definition) is 3. The van der Waals surface area contributed by atoms with Gasteiger partial charge < -0.3 is 15.4 Å². The standard InChI is InChI=1S/C23H23ClN2O2/c1-16-7-12-22(17(2)13-16)26-23(27)14-25-19-8-10-20(11-9-19)28-15-18-5-3-4-6-21(18)24/h3-13,25H,14-15H2,1-2H3,(H,26,27). The largest absolute Gasteiger partial charge is 0.489 e. The minimum Gasteiger partial charge on any atom is -0.489 e. The molecule has 5 heteroatoms. The number of halogens is 1. The van der Waals surface area contributed by atoms with Gasteiger partial charge in [0.25, 0.3) is 0 Å². The van der Waals surface area contributed by atoms with Crippen LogP contribution in [0.2, 0.25) is 5.02 Å². The van der Waals surface area contributed by atoms with E-state index in [9.17, 15) is 4.79 Å². The van der Waals surface area contributed by atoms with Crippen molar-refractivity contribution in [2.45, 2.75) is 20.5 Å². The normalized spacial score (nSPS) is 10.4. The Balaban J connectivity index is 1.48. The third-order valence-electron chi connectivity index (χ3n) is 4.32. The van der Waals surface area contributed by atoms with Gasteiger partial charge in [0.05, 0.1) is 6.54 Å². The van der Waals surface area contributed by atoms with Gasteiger partial charge in [0.1, 0.15) is 12.4 Å². The summed E-state index contributed by atoms with van der Waals surface area (Å²) in [5.74, 6) is 0.649. The van der Waals surface area contributed by atoms with E-state index in [0.29, 0.717) is 11.6 Å². The van der Waals surface area contributed by atoms with Crippen LogP contribution in [0.3, 0.4) is 0 Å². The Hall–Kier alpha value is -2.98. The molecule has 2 N–H and O–H groups in total. The molecular weight excluding hydrogens is 372 g/mol. The molecule has 0 spiro atoms. The number of carbonyl (C=O) groups is 1. The second kappa shape index (κ2) is 9.29. The van der Waals surface area contributed by atoms with E-state index in [0.717, 1.165) is 28.3 Å². The Morgan fingerprint density at radius 2 is 1.75 bits per heavy atom. The lowest BCUT2D eigenvalue weighted by Gasteiger charge is -2.11. The molecule has 0 heterocycles. The molecule has 3 rings (SSSR count). The molecule has 0 atom stereocenters. The Bertz CT molecular complexity index is 955. The minimum absolute atomic E-state index is 0.0917. The van der Waals surface area contributed by atoms with Crippen LogP contribution >= 0.6 is 11.6 Å². The predicted molar refractivity (Wildman–Crippen MR) is 115 cm³/mol. The molecule has 0 saturated heterocycles. The van der Waals surface area contributed by atoms with Crippen molar-refractivity contribution in [1.82, 2.24) is 0 Å². The van der Waals surface area contributed by atoms with Crippen molar-refractivity contribution in [3.8, 4) is 5.75 Å². The van der Waals surface area contributed by atoms with Crippen LogP contribution in [0.15, 0.2) is 66.7 Å². The number of rotatable bonds is 7. The quantitative estimate of drug-likeness (QED) is 0.549. The van der Waals surface area contributed by atoms with Crippen LogP contribution < -0.4 is 15.4 Å². The first-order valence-corrected chi connectivity index (χ1v) is 9.46. The van der Waals surface area contributed by atoms with Crippen molar-refractivity contribution >= 4 is 28.9 Å². The Kier molecular flexibility index (Phi) is 6.56. The number of carbonyl (C=O) groups excluding carboxylic acids is 1. The van der Waals surface area contributed by atoms with E-state index < -0.39 is 0 Å². The zero-order chi connectivity index (χ0) is 19.9. The summed E-state index contributed by atoms with van der Waals surface area (Å²) in [6.07, 6.45) is 0. The number of benzene rings is 3. The lowest BCUT2D eigenvalue weighted by molar-refractivity contribution is -0.114. The summed E-state index contributed by atoms with van der Waals surface area (Å²) < 4.78 is 5.76. The maximum absolute atomic E-state index is 12.2. The number of hydrogen-bond donors (Lipinski definition) is 2. The van der Waals surface area contributed by atoms with Crippen molar-refractivity contribution < 1.29 is 9.53 Å². The van der Waals surface area contributed by atoms with Crippen molar-refractivity contribution in [1.29, 1.82) is 0 Å². The highest BCUT2D eigenvalue weighted by Crippen LogP contribution is 2.20. The van der Waals surface area contributed by atoms with Gasteiger partial charge in [0.15, 0.2) is 0 Å². The summed E-state index contributed by atoms with van der Waals surface area (Å²) in [5, 5.41) is 6.73. The number of aryl methyl sites for hydroxylation is 2. The van der Waals surface area contributed by atoms with Crippen LogP contribution in [0, 0.1) is 13.8 Å². The van der Waals surface area contributed by atoms with E-state index in [1.54, 1.807) is 0 Å². The van der Waals surface area contributed by atoms with Crippen LogP contribution in [0.5, 0.6) is 5.75 Å². The van der Waals surface area contributed by atoms with Gasteiger partial charge in [0.2, 0.25) is 5.91 Å². The Labute approximate surface area is 170 Å². The highest BCUT2D eigenvalue weighted by molar-refractivity contribution is 6.31. The fraction of sp³-hybridized carbons (Fsp3) is 0.174. The second-order valence-electron chi connectivity index (χ2n) is 6.62. The molecule has 0 aliphatic rings. The van der Waals surface area contributed by atoms with Crippen molar-refractivity contribution in [3.05, 3.63) is 88.4 Å². The average molecular weight is 395 g/mol. The maximum Gasteiger partial charge on any atom is 0.243 e. The van der Waals surface area contributed by atoms with E-state index in [4.69, 9.17) is 16.3 Å². The van der Waals surface area contributed by atoms with Gasteiger partial charge in [-0.05, 0) is 55.8 Å². The molecule has 0 aliphatic carbocycles. The minimum atomic E-state index is -0.0917. The fourth-order valence-electron chi connectivity index (χ4n) is 2.78. The molecule has 0 aliphatic heterocycles. The predicted octanol–water partition coefficient (Wildman–Crippen LogP) is 5.59. The molecule has 3 aromatic rings. The first-order valence-electron chi connectivity index (χ1n) is 9.08. The zero-order valence-corrected chi connectivity index (χ0v) is 16.7. The fourth-order valence-corrected chi connectivity index (χ4v) is 2.97. The topological polar surface area (TPSA) is 50.4 Å². The molecule has 0 radical (unpaired) electrons. The summed E-state index contributed by atoms with van der Waals surface area (Å²) in [5.41, 5.74) is 4.84. The summed E-state index contributed by atoms with van der Waals surface area (Å²) in [6.45, 7) is 4.61. The van der Waals surface area contributed by atoms with Crippen LogP contribution in [-0.4, -0.2) is 12.5 Å². The van der Waals surface area contributed by atoms with Crippen molar-refractivity contribution in [2.24, 2.45) is 0 Å². The van der Waals surface area contributed by atoms with E-state index in [-0.39, 0.29) is 12.5 Å². The highest BCUT2D eigenvalue weighted by atomic mass is 35.5. The van der Waals surface area contributed by atoms with Gasteiger partial charge >= 0.3 is 0 Å². The second-order valence-corrected chi connectivity index (χ2v) is 7.03. The summed E-state index contributed by atoms with van der Waals surface area (Å²) in [4.78, 5) is 12.2. The van der Waals surface area contributed by atoms with Crippen LogP contribution in [0.25, 0.3) is 0 Å². The van der Waals surface area contributed by atoms with Crippen LogP contribution in [0.4, 0.5) is 11.4 Å². The number of anilines is 2. The third-order valence-corrected chi connectivity index (χ3v) is 4.68. The van der Waals surface area contributed by atoms with Gasteiger partial charge in [-0.2, -0.15) is 0 Å². The van der Waals surface area contributed by atoms with Gasteiger partial charge in [0, 0.05) is 22.0 Å². The van der Waals surface area contributed by atoms with Gasteiger partial charge in [-0.1, -0.05) is 47.5 Å².